The summed E-state index contributed by atoms with van der Waals surface area (Å²) in [7, 11) is 0. The van der Waals surface area contributed by atoms with Gasteiger partial charge in [-0.15, -0.1) is 11.3 Å². The standard InChI is InChI=1S/C23H23ClN2O4S/c1-12-9-13(2)20(14(3)10-12)26-22(28)15(4)30-18(27)11-25-23(29)21-19(24)16-7-5-6-8-17(16)31-21/h5-10,15H,11H2,1-4H3,(H,25,29)(H,26,28). The molecule has 0 aliphatic rings. The molecule has 0 radical (unpaired) electrons. The second kappa shape index (κ2) is 9.49. The van der Waals surface area contributed by atoms with E-state index in [2.05, 4.69) is 10.6 Å². The molecule has 1 heterocycles. The van der Waals surface area contributed by atoms with E-state index in [0.717, 1.165) is 26.8 Å². The molecule has 0 fully saturated rings. The number of thiophene rings is 1. The van der Waals surface area contributed by atoms with Crippen LogP contribution in [0.5, 0.6) is 0 Å². The first kappa shape index (κ1) is 22.8. The number of rotatable bonds is 6. The van der Waals surface area contributed by atoms with E-state index in [4.69, 9.17) is 16.3 Å². The third-order valence-electron chi connectivity index (χ3n) is 4.74. The van der Waals surface area contributed by atoms with Crippen molar-refractivity contribution in [2.75, 3.05) is 11.9 Å². The molecule has 3 rings (SSSR count). The molecule has 0 aliphatic carbocycles. The molecule has 2 amide bonds. The Kier molecular flexibility index (Phi) is 6.97. The van der Waals surface area contributed by atoms with Gasteiger partial charge in [0.15, 0.2) is 6.10 Å². The number of hydrogen-bond acceptors (Lipinski definition) is 5. The molecule has 2 aromatic carbocycles. The second-order valence-electron chi connectivity index (χ2n) is 7.32. The zero-order valence-electron chi connectivity index (χ0n) is 17.7. The lowest BCUT2D eigenvalue weighted by Crippen LogP contribution is -2.35. The molecule has 1 atom stereocenters. The van der Waals surface area contributed by atoms with E-state index < -0.39 is 23.9 Å². The Hall–Kier alpha value is -2.90. The highest BCUT2D eigenvalue weighted by molar-refractivity contribution is 7.21. The van der Waals surface area contributed by atoms with Crippen molar-refractivity contribution < 1.29 is 19.1 Å². The molecule has 6 nitrogen and oxygen atoms in total. The first-order valence-electron chi connectivity index (χ1n) is 9.70. The molecule has 2 N–H and O–H groups in total. The van der Waals surface area contributed by atoms with Crippen LogP contribution in [0, 0.1) is 20.8 Å². The lowest BCUT2D eigenvalue weighted by molar-refractivity contribution is -0.152. The number of nitrogens with one attached hydrogen (secondary N) is 2. The fourth-order valence-corrected chi connectivity index (χ4v) is 4.72. The highest BCUT2D eigenvalue weighted by Crippen LogP contribution is 2.34. The summed E-state index contributed by atoms with van der Waals surface area (Å²) < 4.78 is 6.05. The second-order valence-corrected chi connectivity index (χ2v) is 8.75. The molecule has 3 aromatic rings. The molecule has 8 heteroatoms. The van der Waals surface area contributed by atoms with Crippen LogP contribution in [0.2, 0.25) is 5.02 Å². The molecule has 1 aromatic heterocycles. The van der Waals surface area contributed by atoms with Crippen LogP contribution in [0.1, 0.15) is 33.3 Å². The van der Waals surface area contributed by atoms with Gasteiger partial charge in [-0.05, 0) is 44.9 Å². The lowest BCUT2D eigenvalue weighted by Gasteiger charge is -2.17. The van der Waals surface area contributed by atoms with Crippen LogP contribution in [-0.4, -0.2) is 30.4 Å². The molecule has 0 spiro atoms. The number of benzene rings is 2. The number of hydrogen-bond donors (Lipinski definition) is 2. The maximum atomic E-state index is 12.4. The van der Waals surface area contributed by atoms with Crippen LogP contribution in [0.4, 0.5) is 5.69 Å². The maximum Gasteiger partial charge on any atom is 0.326 e. The summed E-state index contributed by atoms with van der Waals surface area (Å²) in [6, 6.07) is 11.3. The van der Waals surface area contributed by atoms with Gasteiger partial charge < -0.3 is 15.4 Å². The SMILES string of the molecule is Cc1cc(C)c(NC(=O)C(C)OC(=O)CNC(=O)c2sc3ccccc3c2Cl)c(C)c1. The van der Waals surface area contributed by atoms with Crippen molar-refractivity contribution in [3.63, 3.8) is 0 Å². The molecular formula is C23H23ClN2O4S. The minimum atomic E-state index is -1.02. The third-order valence-corrected chi connectivity index (χ3v) is 6.41. The molecule has 162 valence electrons. The van der Waals surface area contributed by atoms with E-state index in [1.807, 2.05) is 57.2 Å². The Morgan fingerprint density at radius 1 is 1.10 bits per heavy atom. The average molecular weight is 459 g/mol. The van der Waals surface area contributed by atoms with Gasteiger partial charge in [-0.3, -0.25) is 14.4 Å². The lowest BCUT2D eigenvalue weighted by atomic mass is 10.0. The number of amides is 2. The summed E-state index contributed by atoms with van der Waals surface area (Å²) in [5.74, 6) is -1.63. The van der Waals surface area contributed by atoms with Crippen molar-refractivity contribution >= 4 is 56.5 Å². The van der Waals surface area contributed by atoms with Gasteiger partial charge in [0, 0.05) is 15.8 Å². The van der Waals surface area contributed by atoms with E-state index in [-0.39, 0.29) is 6.54 Å². The van der Waals surface area contributed by atoms with Gasteiger partial charge in [0.1, 0.15) is 11.4 Å². The molecule has 0 aliphatic heterocycles. The molecule has 1 unspecified atom stereocenters. The average Bonchev–Trinajstić information content (AvgIpc) is 3.05. The van der Waals surface area contributed by atoms with Crippen LogP contribution in [-0.2, 0) is 14.3 Å². The van der Waals surface area contributed by atoms with E-state index in [1.54, 1.807) is 0 Å². The summed E-state index contributed by atoms with van der Waals surface area (Å²) in [6.45, 7) is 6.90. The number of carbonyl (C=O) groups is 3. The molecule has 0 saturated heterocycles. The van der Waals surface area contributed by atoms with E-state index in [0.29, 0.717) is 15.6 Å². The van der Waals surface area contributed by atoms with Gasteiger partial charge in [-0.2, -0.15) is 0 Å². The van der Waals surface area contributed by atoms with Gasteiger partial charge in [0.05, 0.1) is 5.02 Å². The van der Waals surface area contributed by atoms with Crippen LogP contribution >= 0.6 is 22.9 Å². The molecule has 31 heavy (non-hydrogen) atoms. The molecule has 0 bridgehead atoms. The summed E-state index contributed by atoms with van der Waals surface area (Å²) in [5, 5.41) is 6.44. The monoisotopic (exact) mass is 458 g/mol. The van der Waals surface area contributed by atoms with Crippen LogP contribution in [0.3, 0.4) is 0 Å². The third kappa shape index (κ3) is 5.24. The van der Waals surface area contributed by atoms with Crippen molar-refractivity contribution in [2.45, 2.75) is 33.8 Å². The number of ether oxygens (including phenoxy) is 1. The van der Waals surface area contributed by atoms with Crippen molar-refractivity contribution in [3.8, 4) is 0 Å². The highest BCUT2D eigenvalue weighted by Gasteiger charge is 2.21. The summed E-state index contributed by atoms with van der Waals surface area (Å²) in [5.41, 5.74) is 3.65. The zero-order valence-corrected chi connectivity index (χ0v) is 19.2. The minimum Gasteiger partial charge on any atom is -0.451 e. The van der Waals surface area contributed by atoms with Gasteiger partial charge in [0.25, 0.3) is 11.8 Å². The van der Waals surface area contributed by atoms with Gasteiger partial charge in [-0.1, -0.05) is 47.5 Å². The fourth-order valence-electron chi connectivity index (χ4n) is 3.29. The van der Waals surface area contributed by atoms with Crippen LogP contribution in [0.25, 0.3) is 10.1 Å². The minimum absolute atomic E-state index is 0.326. The summed E-state index contributed by atoms with van der Waals surface area (Å²) >= 11 is 7.53. The molecular weight excluding hydrogens is 436 g/mol. The Bertz CT molecular complexity index is 1150. The zero-order chi connectivity index (χ0) is 22.7. The number of esters is 1. The number of anilines is 1. The van der Waals surface area contributed by atoms with Crippen molar-refractivity contribution in [2.24, 2.45) is 0 Å². The largest absolute Gasteiger partial charge is 0.451 e. The number of aryl methyl sites for hydroxylation is 3. The van der Waals surface area contributed by atoms with Crippen molar-refractivity contribution in [1.29, 1.82) is 0 Å². The maximum absolute atomic E-state index is 12.4. The number of fused-ring (bicyclic) bond motifs is 1. The Morgan fingerprint density at radius 3 is 2.39 bits per heavy atom. The fraction of sp³-hybridized carbons (Fsp3) is 0.261. The van der Waals surface area contributed by atoms with E-state index in [1.165, 1.54) is 18.3 Å². The van der Waals surface area contributed by atoms with Crippen LogP contribution in [0.15, 0.2) is 36.4 Å². The van der Waals surface area contributed by atoms with Crippen molar-refractivity contribution in [1.82, 2.24) is 5.32 Å². The Balaban J connectivity index is 1.56. The smallest absolute Gasteiger partial charge is 0.326 e. The molecule has 0 saturated carbocycles. The normalized spacial score (nSPS) is 11.8. The number of halogens is 1. The predicted molar refractivity (Wildman–Crippen MR) is 124 cm³/mol. The van der Waals surface area contributed by atoms with E-state index in [9.17, 15) is 14.4 Å². The summed E-state index contributed by atoms with van der Waals surface area (Å²) in [4.78, 5) is 37.3. The first-order chi connectivity index (χ1) is 14.7. The predicted octanol–water partition coefficient (Wildman–Crippen LogP) is 4.78. The quantitative estimate of drug-likeness (QED) is 0.520. The Morgan fingerprint density at radius 2 is 1.74 bits per heavy atom. The summed E-state index contributed by atoms with van der Waals surface area (Å²) in [6.07, 6.45) is -1.02. The van der Waals surface area contributed by atoms with Gasteiger partial charge in [0.2, 0.25) is 0 Å². The first-order valence-corrected chi connectivity index (χ1v) is 10.9. The van der Waals surface area contributed by atoms with Gasteiger partial charge in [-0.25, -0.2) is 0 Å². The highest BCUT2D eigenvalue weighted by atomic mass is 35.5. The van der Waals surface area contributed by atoms with Gasteiger partial charge >= 0.3 is 5.97 Å². The van der Waals surface area contributed by atoms with Crippen LogP contribution < -0.4 is 10.6 Å². The Labute approximate surface area is 189 Å². The topological polar surface area (TPSA) is 84.5 Å². The number of carbonyl (C=O) groups excluding carboxylic acids is 3. The van der Waals surface area contributed by atoms with Crippen molar-refractivity contribution in [3.05, 3.63) is 63.0 Å². The van der Waals surface area contributed by atoms with E-state index >= 15 is 0 Å².